The van der Waals surface area contributed by atoms with Crippen molar-refractivity contribution in [1.29, 1.82) is 0 Å². The Morgan fingerprint density at radius 3 is 2.25 bits per heavy atom. The molecule has 2 aromatic carbocycles. The largest absolute Gasteiger partial charge is 0.338 e. The number of aromatic nitrogens is 2. The summed E-state index contributed by atoms with van der Waals surface area (Å²) in [5.41, 5.74) is 1.36. The first-order chi connectivity index (χ1) is 13.7. The third-order valence-electron chi connectivity index (χ3n) is 5.35. The predicted molar refractivity (Wildman–Crippen MR) is 102 cm³/mol. The van der Waals surface area contributed by atoms with Gasteiger partial charge in [0.25, 0.3) is 0 Å². The van der Waals surface area contributed by atoms with Gasteiger partial charge in [0, 0.05) is 6.42 Å². The Hall–Kier alpha value is -2.60. The van der Waals surface area contributed by atoms with Crippen LogP contribution in [-0.2, 0) is 19.4 Å². The molecule has 0 atom stereocenters. The fourth-order valence-electron chi connectivity index (χ4n) is 3.75. The van der Waals surface area contributed by atoms with E-state index in [4.69, 9.17) is 4.52 Å². The number of hydrogen-bond acceptors (Lipinski definition) is 4. The molecule has 0 saturated carbocycles. The van der Waals surface area contributed by atoms with E-state index < -0.39 is 0 Å². The lowest BCUT2D eigenvalue weighted by atomic mass is 9.90. The van der Waals surface area contributed by atoms with Crippen molar-refractivity contribution in [3.8, 4) is 0 Å². The number of hydrogen-bond donors (Lipinski definition) is 0. The van der Waals surface area contributed by atoms with E-state index in [-0.39, 0.29) is 11.6 Å². The van der Waals surface area contributed by atoms with Gasteiger partial charge in [-0.15, -0.1) is 0 Å². The Balaban J connectivity index is 1.28. The molecule has 4 nitrogen and oxygen atoms in total. The smallest absolute Gasteiger partial charge is 0.240 e. The average molecular weight is 383 g/mol. The second-order valence-electron chi connectivity index (χ2n) is 7.39. The van der Waals surface area contributed by atoms with Gasteiger partial charge in [-0.05, 0) is 61.5 Å². The summed E-state index contributed by atoms with van der Waals surface area (Å²) in [7, 11) is 0. The van der Waals surface area contributed by atoms with Gasteiger partial charge in [-0.25, -0.2) is 8.78 Å². The molecule has 6 heteroatoms. The summed E-state index contributed by atoms with van der Waals surface area (Å²) in [6.45, 7) is 2.44. The molecule has 0 unspecified atom stereocenters. The first kappa shape index (κ1) is 18.7. The highest BCUT2D eigenvalue weighted by molar-refractivity contribution is 5.20. The third-order valence-corrected chi connectivity index (χ3v) is 5.35. The lowest BCUT2D eigenvalue weighted by Gasteiger charge is -2.31. The molecule has 1 fully saturated rings. The van der Waals surface area contributed by atoms with Crippen molar-refractivity contribution >= 4 is 0 Å². The topological polar surface area (TPSA) is 42.2 Å². The lowest BCUT2D eigenvalue weighted by Crippen LogP contribution is -2.34. The Morgan fingerprint density at radius 2 is 1.57 bits per heavy atom. The van der Waals surface area contributed by atoms with Crippen LogP contribution in [0.2, 0.25) is 0 Å². The highest BCUT2D eigenvalue weighted by atomic mass is 19.1. The molecule has 0 N–H and O–H groups in total. The van der Waals surface area contributed by atoms with E-state index in [9.17, 15) is 8.78 Å². The van der Waals surface area contributed by atoms with Crippen LogP contribution in [-0.4, -0.2) is 28.1 Å². The molecular weight excluding hydrogens is 360 g/mol. The molecule has 4 rings (SSSR count). The van der Waals surface area contributed by atoms with Gasteiger partial charge in [-0.1, -0.05) is 41.6 Å². The van der Waals surface area contributed by atoms with E-state index >= 15 is 0 Å². The van der Waals surface area contributed by atoms with E-state index in [1.165, 1.54) is 12.1 Å². The molecule has 1 aromatic heterocycles. The summed E-state index contributed by atoms with van der Waals surface area (Å²) in [4.78, 5) is 6.68. The van der Waals surface area contributed by atoms with Crippen molar-refractivity contribution in [2.45, 2.75) is 32.2 Å². The summed E-state index contributed by atoms with van der Waals surface area (Å²) in [6.07, 6.45) is 3.14. The maximum Gasteiger partial charge on any atom is 0.240 e. The van der Waals surface area contributed by atoms with E-state index in [1.807, 2.05) is 12.1 Å². The molecule has 146 valence electrons. The predicted octanol–water partition coefficient (Wildman–Crippen LogP) is 4.39. The number of halogens is 2. The molecule has 0 amide bonds. The molecule has 28 heavy (non-hydrogen) atoms. The fourth-order valence-corrected chi connectivity index (χ4v) is 3.75. The molecule has 0 radical (unpaired) electrons. The number of benzene rings is 2. The number of nitrogens with zero attached hydrogens (tertiary/aromatic N) is 3. The average Bonchev–Trinajstić information content (AvgIpc) is 3.14. The molecule has 2 heterocycles. The van der Waals surface area contributed by atoms with E-state index in [1.54, 1.807) is 24.3 Å². The SMILES string of the molecule is Fc1ccccc1Cc1noc(CN2CCC(Cc3ccccc3F)CC2)n1. The van der Waals surface area contributed by atoms with Gasteiger partial charge in [0.15, 0.2) is 5.82 Å². The summed E-state index contributed by atoms with van der Waals surface area (Å²) in [5.74, 6) is 1.17. The minimum Gasteiger partial charge on any atom is -0.338 e. The van der Waals surface area contributed by atoms with Crippen molar-refractivity contribution in [3.05, 3.63) is 83.0 Å². The maximum absolute atomic E-state index is 13.8. The summed E-state index contributed by atoms with van der Waals surface area (Å²) in [5, 5.41) is 3.98. The van der Waals surface area contributed by atoms with Crippen LogP contribution in [0.3, 0.4) is 0 Å². The van der Waals surface area contributed by atoms with Crippen molar-refractivity contribution in [2.75, 3.05) is 13.1 Å². The van der Waals surface area contributed by atoms with Crippen LogP contribution >= 0.6 is 0 Å². The molecule has 0 spiro atoms. The second kappa shape index (κ2) is 8.61. The fraction of sp³-hybridized carbons (Fsp3) is 0.364. The summed E-state index contributed by atoms with van der Waals surface area (Å²) < 4.78 is 32.9. The highest BCUT2D eigenvalue weighted by Crippen LogP contribution is 2.24. The Bertz CT molecular complexity index is 919. The van der Waals surface area contributed by atoms with Gasteiger partial charge in [0.2, 0.25) is 5.89 Å². The lowest BCUT2D eigenvalue weighted by molar-refractivity contribution is 0.158. The van der Waals surface area contributed by atoms with Gasteiger partial charge < -0.3 is 4.52 Å². The minimum atomic E-state index is -0.259. The third kappa shape index (κ3) is 4.62. The quantitative estimate of drug-likeness (QED) is 0.633. The molecule has 1 aliphatic heterocycles. The van der Waals surface area contributed by atoms with Crippen molar-refractivity contribution in [3.63, 3.8) is 0 Å². The van der Waals surface area contributed by atoms with Crippen molar-refractivity contribution in [1.82, 2.24) is 15.0 Å². The Kier molecular flexibility index (Phi) is 5.76. The summed E-state index contributed by atoms with van der Waals surface area (Å²) in [6, 6.07) is 13.6. The molecule has 1 aliphatic rings. The molecule has 0 aliphatic carbocycles. The molecular formula is C22H23F2N3O. The second-order valence-corrected chi connectivity index (χ2v) is 7.39. The van der Waals surface area contributed by atoms with Crippen molar-refractivity contribution < 1.29 is 13.3 Å². The zero-order valence-electron chi connectivity index (χ0n) is 15.7. The van der Waals surface area contributed by atoms with Gasteiger partial charge in [0.1, 0.15) is 11.6 Å². The van der Waals surface area contributed by atoms with E-state index in [0.717, 1.165) is 37.9 Å². The zero-order valence-corrected chi connectivity index (χ0v) is 15.7. The van der Waals surface area contributed by atoms with Crippen LogP contribution in [0.25, 0.3) is 0 Å². The first-order valence-corrected chi connectivity index (χ1v) is 9.68. The monoisotopic (exact) mass is 383 g/mol. The van der Waals surface area contributed by atoms with Gasteiger partial charge in [-0.2, -0.15) is 4.98 Å². The van der Waals surface area contributed by atoms with Crippen LogP contribution in [0.4, 0.5) is 8.78 Å². The number of rotatable bonds is 6. The maximum atomic E-state index is 13.8. The highest BCUT2D eigenvalue weighted by Gasteiger charge is 2.22. The van der Waals surface area contributed by atoms with Gasteiger partial charge >= 0.3 is 0 Å². The Labute approximate surface area is 163 Å². The summed E-state index contributed by atoms with van der Waals surface area (Å²) >= 11 is 0. The van der Waals surface area contributed by atoms with Crippen LogP contribution in [0.15, 0.2) is 53.1 Å². The molecule has 3 aromatic rings. The van der Waals surface area contributed by atoms with E-state index in [0.29, 0.717) is 36.2 Å². The van der Waals surface area contributed by atoms with Crippen LogP contribution < -0.4 is 0 Å². The Morgan fingerprint density at radius 1 is 0.929 bits per heavy atom. The first-order valence-electron chi connectivity index (χ1n) is 9.68. The number of piperidine rings is 1. The van der Waals surface area contributed by atoms with E-state index in [2.05, 4.69) is 15.0 Å². The molecule has 1 saturated heterocycles. The van der Waals surface area contributed by atoms with Crippen LogP contribution in [0.1, 0.15) is 35.7 Å². The zero-order chi connectivity index (χ0) is 19.3. The standard InChI is InChI=1S/C22H23F2N3O/c23-19-7-3-1-5-17(19)13-16-9-11-27(12-10-16)15-22-25-21(26-28-22)14-18-6-2-4-8-20(18)24/h1-8,16H,9-15H2. The van der Waals surface area contributed by atoms with Gasteiger partial charge in [-0.3, -0.25) is 4.90 Å². The van der Waals surface area contributed by atoms with Crippen molar-refractivity contribution in [2.24, 2.45) is 5.92 Å². The van der Waals surface area contributed by atoms with Gasteiger partial charge in [0.05, 0.1) is 6.54 Å². The molecule has 0 bridgehead atoms. The number of likely N-dealkylation sites (tertiary alicyclic amines) is 1. The van der Waals surface area contributed by atoms with Crippen LogP contribution in [0.5, 0.6) is 0 Å². The van der Waals surface area contributed by atoms with Crippen LogP contribution in [0, 0.1) is 17.6 Å². The minimum absolute atomic E-state index is 0.113. The normalized spacial score (nSPS) is 15.8.